The van der Waals surface area contributed by atoms with Crippen molar-refractivity contribution in [2.75, 3.05) is 33.0 Å². The summed E-state index contributed by atoms with van der Waals surface area (Å²) in [7, 11) is 2.31. The van der Waals surface area contributed by atoms with Crippen LogP contribution in [0.25, 0.3) is 0 Å². The lowest BCUT2D eigenvalue weighted by atomic mass is 10.2. The molecule has 1 aromatic carbocycles. The topological polar surface area (TPSA) is 61.4 Å². The minimum absolute atomic E-state index is 0.0867. The van der Waals surface area contributed by atoms with Gasteiger partial charge in [0.15, 0.2) is 0 Å². The summed E-state index contributed by atoms with van der Waals surface area (Å²) < 4.78 is 27.0. The maximum absolute atomic E-state index is 12.1. The first kappa shape index (κ1) is 15.9. The van der Waals surface area contributed by atoms with E-state index in [0.717, 1.165) is 18.7 Å². The second kappa shape index (κ2) is 6.88. The molecule has 0 radical (unpaired) electrons. The second-order valence-corrected chi connectivity index (χ2v) is 6.60. The maximum Gasteiger partial charge on any atom is 0.240 e. The van der Waals surface area contributed by atoms with E-state index < -0.39 is 10.0 Å². The van der Waals surface area contributed by atoms with Gasteiger partial charge in [0, 0.05) is 18.8 Å². The van der Waals surface area contributed by atoms with E-state index in [4.69, 9.17) is 0 Å². The number of nitrogens with one attached hydrogen (secondary N) is 2. The van der Waals surface area contributed by atoms with Crippen LogP contribution < -0.4 is 10.0 Å². The van der Waals surface area contributed by atoms with E-state index in [1.165, 1.54) is 0 Å². The monoisotopic (exact) mass is 285 g/mol. The first-order chi connectivity index (χ1) is 8.85. The van der Waals surface area contributed by atoms with E-state index in [1.807, 2.05) is 25.9 Å². The average molecular weight is 285 g/mol. The summed E-state index contributed by atoms with van der Waals surface area (Å²) in [4.78, 5) is 2.33. The third kappa shape index (κ3) is 5.18. The number of anilines is 1. The third-order valence-electron chi connectivity index (χ3n) is 2.82. The van der Waals surface area contributed by atoms with Crippen molar-refractivity contribution < 1.29 is 8.42 Å². The molecule has 1 unspecified atom stereocenters. The molecular formula is C13H23N3O2S. The van der Waals surface area contributed by atoms with Crippen LogP contribution in [0, 0.1) is 0 Å². The van der Waals surface area contributed by atoms with Crippen LogP contribution in [0.3, 0.4) is 0 Å². The predicted octanol–water partition coefficient (Wildman–Crippen LogP) is 1.35. The number of hydrogen-bond donors (Lipinski definition) is 2. The highest BCUT2D eigenvalue weighted by Gasteiger charge is 2.17. The van der Waals surface area contributed by atoms with Crippen LogP contribution in [-0.4, -0.2) is 47.0 Å². The second-order valence-electron chi connectivity index (χ2n) is 4.89. The summed E-state index contributed by atoms with van der Waals surface area (Å²) >= 11 is 0. The molecule has 108 valence electrons. The first-order valence-corrected chi connectivity index (χ1v) is 7.78. The highest BCUT2D eigenvalue weighted by atomic mass is 32.2. The Balaban J connectivity index is 2.69. The molecule has 0 heterocycles. The molecule has 0 aliphatic heterocycles. The molecule has 0 saturated heterocycles. The third-order valence-corrected chi connectivity index (χ3v) is 4.42. The molecule has 1 rings (SSSR count). The lowest BCUT2D eigenvalue weighted by Gasteiger charge is -2.17. The van der Waals surface area contributed by atoms with E-state index in [-0.39, 0.29) is 6.04 Å². The summed E-state index contributed by atoms with van der Waals surface area (Å²) in [6.45, 7) is 2.73. The Morgan fingerprint density at radius 2 is 1.79 bits per heavy atom. The van der Waals surface area contributed by atoms with Crippen molar-refractivity contribution in [3.63, 3.8) is 0 Å². The lowest BCUT2D eigenvalue weighted by Crippen LogP contribution is -2.34. The van der Waals surface area contributed by atoms with Crippen molar-refractivity contribution in [2.24, 2.45) is 0 Å². The Labute approximate surface area is 116 Å². The van der Waals surface area contributed by atoms with Crippen LogP contribution in [0.5, 0.6) is 0 Å². The van der Waals surface area contributed by atoms with E-state index >= 15 is 0 Å². The van der Waals surface area contributed by atoms with Crippen molar-refractivity contribution in [1.82, 2.24) is 9.62 Å². The van der Waals surface area contributed by atoms with Gasteiger partial charge in [0.05, 0.1) is 4.90 Å². The van der Waals surface area contributed by atoms with Crippen LogP contribution >= 0.6 is 0 Å². The number of sulfonamides is 1. The molecule has 5 nitrogen and oxygen atoms in total. The van der Waals surface area contributed by atoms with E-state index in [2.05, 4.69) is 10.0 Å². The average Bonchev–Trinajstić information content (AvgIpc) is 2.36. The highest BCUT2D eigenvalue weighted by Crippen LogP contribution is 2.14. The Morgan fingerprint density at radius 3 is 2.26 bits per heavy atom. The number of benzene rings is 1. The van der Waals surface area contributed by atoms with Gasteiger partial charge in [-0.15, -0.1) is 0 Å². The molecule has 0 aromatic heterocycles. The summed E-state index contributed by atoms with van der Waals surface area (Å²) in [6.07, 6.45) is 0.779. The largest absolute Gasteiger partial charge is 0.388 e. The van der Waals surface area contributed by atoms with Gasteiger partial charge in [-0.1, -0.05) is 0 Å². The fourth-order valence-electron chi connectivity index (χ4n) is 1.64. The molecule has 0 saturated carbocycles. The van der Waals surface area contributed by atoms with Crippen LogP contribution in [0.1, 0.15) is 13.3 Å². The van der Waals surface area contributed by atoms with Gasteiger partial charge in [-0.3, -0.25) is 0 Å². The lowest BCUT2D eigenvalue weighted by molar-refractivity contribution is 0.379. The van der Waals surface area contributed by atoms with Gasteiger partial charge < -0.3 is 10.2 Å². The van der Waals surface area contributed by atoms with Gasteiger partial charge in [-0.25, -0.2) is 13.1 Å². The summed E-state index contributed by atoms with van der Waals surface area (Å²) in [5, 5.41) is 2.96. The minimum atomic E-state index is -3.43. The fraction of sp³-hybridized carbons (Fsp3) is 0.538. The van der Waals surface area contributed by atoms with Crippen molar-refractivity contribution in [2.45, 2.75) is 24.3 Å². The summed E-state index contributed by atoms with van der Waals surface area (Å²) in [6, 6.07) is 6.62. The normalized spacial score (nSPS) is 13.5. The van der Waals surface area contributed by atoms with Gasteiger partial charge in [0.2, 0.25) is 10.0 Å². The zero-order valence-electron chi connectivity index (χ0n) is 12.0. The van der Waals surface area contributed by atoms with Crippen molar-refractivity contribution in [3.05, 3.63) is 24.3 Å². The zero-order chi connectivity index (χ0) is 14.5. The molecule has 1 atom stereocenters. The molecule has 6 heteroatoms. The van der Waals surface area contributed by atoms with Gasteiger partial charge in [-0.05, 0) is 58.3 Å². The Bertz CT molecular complexity index is 483. The molecule has 0 amide bonds. The molecule has 0 spiro atoms. The molecule has 0 fully saturated rings. The molecular weight excluding hydrogens is 262 g/mol. The smallest absolute Gasteiger partial charge is 0.240 e. The molecule has 19 heavy (non-hydrogen) atoms. The van der Waals surface area contributed by atoms with E-state index in [0.29, 0.717) is 4.90 Å². The predicted molar refractivity (Wildman–Crippen MR) is 78.9 cm³/mol. The van der Waals surface area contributed by atoms with Gasteiger partial charge in [0.1, 0.15) is 0 Å². The highest BCUT2D eigenvalue weighted by molar-refractivity contribution is 7.89. The summed E-state index contributed by atoms with van der Waals surface area (Å²) in [5.74, 6) is 0. The van der Waals surface area contributed by atoms with Gasteiger partial charge in [0.25, 0.3) is 0 Å². The maximum atomic E-state index is 12.1. The van der Waals surface area contributed by atoms with Gasteiger partial charge in [-0.2, -0.15) is 0 Å². The standard InChI is InChI=1S/C13H23N3O2S/c1-11(9-10-16(3)4)15-19(17,18)13-7-5-12(14-2)6-8-13/h5-8,11,14-15H,9-10H2,1-4H3. The molecule has 2 N–H and O–H groups in total. The number of hydrogen-bond acceptors (Lipinski definition) is 4. The van der Waals surface area contributed by atoms with Crippen LogP contribution in [0.2, 0.25) is 0 Å². The SMILES string of the molecule is CNc1ccc(S(=O)(=O)NC(C)CCN(C)C)cc1. The van der Waals surface area contributed by atoms with Gasteiger partial charge >= 0.3 is 0 Å². The Morgan fingerprint density at radius 1 is 1.21 bits per heavy atom. The molecule has 0 aliphatic rings. The van der Waals surface area contributed by atoms with Crippen molar-refractivity contribution >= 4 is 15.7 Å². The summed E-state index contributed by atoms with van der Waals surface area (Å²) in [5.41, 5.74) is 0.889. The van der Waals surface area contributed by atoms with E-state index in [9.17, 15) is 8.42 Å². The zero-order valence-corrected chi connectivity index (χ0v) is 12.8. The first-order valence-electron chi connectivity index (χ1n) is 6.30. The molecule has 1 aromatic rings. The minimum Gasteiger partial charge on any atom is -0.388 e. The van der Waals surface area contributed by atoms with Crippen molar-refractivity contribution in [1.29, 1.82) is 0 Å². The van der Waals surface area contributed by atoms with Crippen LogP contribution in [0.15, 0.2) is 29.2 Å². The number of nitrogens with zero attached hydrogens (tertiary/aromatic N) is 1. The van der Waals surface area contributed by atoms with Crippen molar-refractivity contribution in [3.8, 4) is 0 Å². The number of rotatable bonds is 7. The fourth-order valence-corrected chi connectivity index (χ4v) is 2.92. The Kier molecular flexibility index (Phi) is 5.78. The van der Waals surface area contributed by atoms with E-state index in [1.54, 1.807) is 31.3 Å². The van der Waals surface area contributed by atoms with Crippen LogP contribution in [0.4, 0.5) is 5.69 Å². The molecule has 0 aliphatic carbocycles. The molecule has 0 bridgehead atoms. The van der Waals surface area contributed by atoms with Crippen LogP contribution in [-0.2, 0) is 10.0 Å². The Hall–Kier alpha value is -1.11. The quantitative estimate of drug-likeness (QED) is 0.794.